The third-order valence-electron chi connectivity index (χ3n) is 2.81. The van der Waals surface area contributed by atoms with E-state index in [1.54, 1.807) is 0 Å². The second-order valence-electron chi connectivity index (χ2n) is 3.93. The molecule has 1 unspecified atom stereocenters. The van der Waals surface area contributed by atoms with Gasteiger partial charge in [-0.15, -0.1) is 11.5 Å². The molecule has 2 heterocycles. The van der Waals surface area contributed by atoms with Crippen molar-refractivity contribution in [1.82, 2.24) is 14.8 Å². The van der Waals surface area contributed by atoms with E-state index in [4.69, 9.17) is 16.9 Å². The van der Waals surface area contributed by atoms with E-state index in [-0.39, 0.29) is 12.2 Å². The SMILES string of the molecule is C#C[C@]1(CO)OC(n2cnc(C(N)=O)n2)C[C@@H]1O. The molecule has 18 heavy (non-hydrogen) atoms. The molecule has 1 fully saturated rings. The topological polar surface area (TPSA) is 123 Å². The largest absolute Gasteiger partial charge is 0.392 e. The van der Waals surface area contributed by atoms with E-state index in [1.807, 2.05) is 0 Å². The number of primary amides is 1. The van der Waals surface area contributed by atoms with E-state index in [9.17, 15) is 15.0 Å². The monoisotopic (exact) mass is 252 g/mol. The van der Waals surface area contributed by atoms with Crippen LogP contribution in [0.25, 0.3) is 0 Å². The Morgan fingerprint density at radius 2 is 2.56 bits per heavy atom. The van der Waals surface area contributed by atoms with Gasteiger partial charge >= 0.3 is 0 Å². The maximum atomic E-state index is 10.9. The summed E-state index contributed by atoms with van der Waals surface area (Å²) in [5.41, 5.74) is 3.56. The molecule has 0 radical (unpaired) electrons. The molecular formula is C10H12N4O4. The van der Waals surface area contributed by atoms with Crippen LogP contribution in [0.15, 0.2) is 6.33 Å². The summed E-state index contributed by atoms with van der Waals surface area (Å²) in [6, 6.07) is 0. The molecule has 0 aliphatic carbocycles. The van der Waals surface area contributed by atoms with Crippen molar-refractivity contribution in [2.75, 3.05) is 6.61 Å². The molecule has 2 rings (SSSR count). The summed E-state index contributed by atoms with van der Waals surface area (Å²) in [5, 5.41) is 22.8. The van der Waals surface area contributed by atoms with Crippen LogP contribution < -0.4 is 5.73 Å². The highest BCUT2D eigenvalue weighted by Gasteiger charge is 2.47. The second kappa shape index (κ2) is 4.38. The molecule has 1 aromatic heterocycles. The Bertz CT molecular complexity index is 508. The number of carbonyl (C=O) groups is 1. The van der Waals surface area contributed by atoms with Gasteiger partial charge in [-0.1, -0.05) is 5.92 Å². The average molecular weight is 252 g/mol. The molecule has 3 atom stereocenters. The molecule has 8 heteroatoms. The number of ether oxygens (including phenoxy) is 1. The van der Waals surface area contributed by atoms with Crippen molar-refractivity contribution >= 4 is 5.91 Å². The standard InChI is InChI=1S/C10H12N4O4/c1-2-10(4-15)6(16)3-7(18-10)14-5-12-9(13-14)8(11)17/h1,5-7,15-16H,3-4H2,(H2,11,17)/t6-,7?,10+/m0/s1. The summed E-state index contributed by atoms with van der Waals surface area (Å²) < 4.78 is 6.65. The Morgan fingerprint density at radius 3 is 3.00 bits per heavy atom. The van der Waals surface area contributed by atoms with Gasteiger partial charge in [-0.3, -0.25) is 4.79 Å². The minimum absolute atomic E-state index is 0.131. The number of nitrogens with two attached hydrogens (primary N) is 1. The number of amides is 1. The Kier molecular flexibility index (Phi) is 3.04. The van der Waals surface area contributed by atoms with Gasteiger partial charge in [-0.25, -0.2) is 9.67 Å². The molecular weight excluding hydrogens is 240 g/mol. The average Bonchev–Trinajstić information content (AvgIpc) is 2.94. The van der Waals surface area contributed by atoms with Gasteiger partial charge < -0.3 is 20.7 Å². The smallest absolute Gasteiger partial charge is 0.288 e. The Hall–Kier alpha value is -1.95. The Morgan fingerprint density at radius 1 is 1.83 bits per heavy atom. The van der Waals surface area contributed by atoms with Crippen LogP contribution >= 0.6 is 0 Å². The van der Waals surface area contributed by atoms with Crippen molar-refractivity contribution in [3.05, 3.63) is 12.2 Å². The molecule has 8 nitrogen and oxygen atoms in total. The summed E-state index contributed by atoms with van der Waals surface area (Å²) in [6.45, 7) is -0.515. The molecule has 1 aliphatic heterocycles. The zero-order valence-electron chi connectivity index (χ0n) is 9.35. The first kappa shape index (κ1) is 12.5. The van der Waals surface area contributed by atoms with Gasteiger partial charge in [0.05, 0.1) is 6.61 Å². The first-order valence-electron chi connectivity index (χ1n) is 5.18. The van der Waals surface area contributed by atoms with Crippen LogP contribution in [0.1, 0.15) is 23.3 Å². The third kappa shape index (κ3) is 1.84. The summed E-state index contributed by atoms with van der Waals surface area (Å²) in [6.07, 6.45) is 4.90. The minimum atomic E-state index is -1.45. The number of aliphatic hydroxyl groups is 2. The van der Waals surface area contributed by atoms with Gasteiger partial charge in [-0.05, 0) is 0 Å². The number of aliphatic hydroxyl groups excluding tert-OH is 2. The number of aromatic nitrogens is 3. The number of hydrogen-bond donors (Lipinski definition) is 3. The van der Waals surface area contributed by atoms with E-state index >= 15 is 0 Å². The van der Waals surface area contributed by atoms with Crippen molar-refractivity contribution in [2.45, 2.75) is 24.4 Å². The molecule has 1 aliphatic rings. The van der Waals surface area contributed by atoms with Crippen molar-refractivity contribution in [2.24, 2.45) is 5.73 Å². The summed E-state index contributed by atoms with van der Waals surface area (Å²) >= 11 is 0. The van der Waals surface area contributed by atoms with Crippen LogP contribution in [0.5, 0.6) is 0 Å². The van der Waals surface area contributed by atoms with Crippen molar-refractivity contribution in [3.63, 3.8) is 0 Å². The second-order valence-corrected chi connectivity index (χ2v) is 3.93. The van der Waals surface area contributed by atoms with Crippen molar-refractivity contribution in [3.8, 4) is 12.3 Å². The Balaban J connectivity index is 2.22. The Labute approximate surface area is 102 Å². The van der Waals surface area contributed by atoms with Crippen LogP contribution in [0, 0.1) is 12.3 Å². The summed E-state index contributed by atoms with van der Waals surface area (Å²) in [5.74, 6) is 1.31. The van der Waals surface area contributed by atoms with Gasteiger partial charge in [0.2, 0.25) is 5.82 Å². The molecule has 1 aromatic rings. The highest BCUT2D eigenvalue weighted by Crippen LogP contribution is 2.35. The van der Waals surface area contributed by atoms with E-state index in [1.165, 1.54) is 11.0 Å². The predicted molar refractivity (Wildman–Crippen MR) is 57.9 cm³/mol. The highest BCUT2D eigenvalue weighted by molar-refractivity contribution is 5.88. The fourth-order valence-electron chi connectivity index (χ4n) is 1.76. The number of hydrogen-bond acceptors (Lipinski definition) is 6. The third-order valence-corrected chi connectivity index (χ3v) is 2.81. The lowest BCUT2D eigenvalue weighted by Gasteiger charge is -2.23. The summed E-state index contributed by atoms with van der Waals surface area (Å²) in [4.78, 5) is 14.5. The van der Waals surface area contributed by atoms with Crippen LogP contribution in [-0.4, -0.2) is 49.2 Å². The molecule has 0 aromatic carbocycles. The molecule has 1 saturated heterocycles. The first-order chi connectivity index (χ1) is 8.52. The summed E-state index contributed by atoms with van der Waals surface area (Å²) in [7, 11) is 0. The zero-order chi connectivity index (χ0) is 13.3. The van der Waals surface area contributed by atoms with Crippen molar-refractivity contribution < 1.29 is 19.7 Å². The molecule has 96 valence electrons. The highest BCUT2D eigenvalue weighted by atomic mass is 16.6. The van der Waals surface area contributed by atoms with Crippen LogP contribution in [0.3, 0.4) is 0 Å². The van der Waals surface area contributed by atoms with Crippen LogP contribution in [-0.2, 0) is 4.74 Å². The van der Waals surface area contributed by atoms with Gasteiger partial charge in [0, 0.05) is 6.42 Å². The van der Waals surface area contributed by atoms with E-state index in [2.05, 4.69) is 16.0 Å². The molecule has 4 N–H and O–H groups in total. The van der Waals surface area contributed by atoms with Gasteiger partial charge in [-0.2, -0.15) is 0 Å². The zero-order valence-corrected chi connectivity index (χ0v) is 9.35. The number of terminal acetylenes is 1. The van der Waals surface area contributed by atoms with E-state index in [0.717, 1.165) is 0 Å². The number of nitrogens with zero attached hydrogens (tertiary/aromatic N) is 3. The molecule has 0 bridgehead atoms. The lowest BCUT2D eigenvalue weighted by atomic mass is 9.99. The maximum absolute atomic E-state index is 10.9. The predicted octanol–water partition coefficient (Wildman–Crippen LogP) is -1.98. The quantitative estimate of drug-likeness (QED) is 0.536. The van der Waals surface area contributed by atoms with E-state index < -0.39 is 30.4 Å². The van der Waals surface area contributed by atoms with Gasteiger partial charge in [0.15, 0.2) is 11.8 Å². The molecule has 1 amide bonds. The lowest BCUT2D eigenvalue weighted by Crippen LogP contribution is -2.41. The lowest BCUT2D eigenvalue weighted by molar-refractivity contribution is -0.0933. The van der Waals surface area contributed by atoms with E-state index in [0.29, 0.717) is 0 Å². The molecule has 0 saturated carbocycles. The molecule has 0 spiro atoms. The van der Waals surface area contributed by atoms with Gasteiger partial charge in [0.25, 0.3) is 5.91 Å². The van der Waals surface area contributed by atoms with Crippen LogP contribution in [0.4, 0.5) is 0 Å². The van der Waals surface area contributed by atoms with Gasteiger partial charge in [0.1, 0.15) is 12.4 Å². The number of carbonyl (C=O) groups excluding carboxylic acids is 1. The fourth-order valence-corrected chi connectivity index (χ4v) is 1.76. The van der Waals surface area contributed by atoms with Crippen LogP contribution in [0.2, 0.25) is 0 Å². The maximum Gasteiger partial charge on any atom is 0.288 e. The van der Waals surface area contributed by atoms with Crippen molar-refractivity contribution in [1.29, 1.82) is 0 Å². The normalized spacial score (nSPS) is 31.2. The fraction of sp³-hybridized carbons (Fsp3) is 0.500. The number of rotatable bonds is 3. The first-order valence-corrected chi connectivity index (χ1v) is 5.18. The minimum Gasteiger partial charge on any atom is -0.392 e.